The third-order valence-electron chi connectivity index (χ3n) is 8.64. The first-order valence-electron chi connectivity index (χ1n) is 13.1. The van der Waals surface area contributed by atoms with E-state index in [4.69, 9.17) is 19.0 Å². The number of phenolic OH excluding ortho intramolecular Hbond substituents is 2. The van der Waals surface area contributed by atoms with Gasteiger partial charge in [0, 0.05) is 42.1 Å². The van der Waals surface area contributed by atoms with Crippen molar-refractivity contribution in [3.63, 3.8) is 0 Å². The average molecular weight is 559 g/mol. The highest BCUT2D eigenvalue weighted by Gasteiger charge is 2.56. The maximum Gasteiger partial charge on any atom is 0.202 e. The molecule has 212 valence electrons. The maximum absolute atomic E-state index is 13.8. The van der Waals surface area contributed by atoms with Crippen molar-refractivity contribution in [2.24, 2.45) is 5.16 Å². The summed E-state index contributed by atoms with van der Waals surface area (Å²) in [6.45, 7) is 2.43. The molecule has 10 heteroatoms. The van der Waals surface area contributed by atoms with Crippen LogP contribution in [0.15, 0.2) is 41.6 Å². The van der Waals surface area contributed by atoms with Gasteiger partial charge in [0.1, 0.15) is 24.4 Å². The number of rotatable bonds is 6. The maximum atomic E-state index is 13.8. The van der Waals surface area contributed by atoms with E-state index in [0.29, 0.717) is 35.6 Å². The van der Waals surface area contributed by atoms with Gasteiger partial charge in [0.15, 0.2) is 17.3 Å². The molecule has 2 atom stereocenters. The van der Waals surface area contributed by atoms with Crippen LogP contribution in [0.4, 0.5) is 0 Å². The minimum absolute atomic E-state index is 0.0676. The molecule has 1 saturated heterocycles. The summed E-state index contributed by atoms with van der Waals surface area (Å²) in [7, 11) is 6.03. The minimum Gasteiger partial charge on any atom is -0.507 e. The Bertz CT molecular complexity index is 1660. The predicted molar refractivity (Wildman–Crippen MR) is 149 cm³/mol. The van der Waals surface area contributed by atoms with E-state index in [9.17, 15) is 19.8 Å². The van der Waals surface area contributed by atoms with Crippen LogP contribution in [-0.4, -0.2) is 66.4 Å². The molecule has 1 aliphatic carbocycles. The number of methoxy groups -OCH3 is 3. The number of phenols is 2. The Morgan fingerprint density at radius 3 is 2.29 bits per heavy atom. The standard InChI is InChI=1S/C31H30N2O8/c1-31-13-17-23(18(12-22(31)32-41-5)33(31)14-15-9-10-19(38-2)21(11-15)40-4)29(36)26-25(28(17)35)27(34)16-7-6-8-20(39-3)24(16)30(26)37/h6-11,18,35-36H,12-14H2,1-5H3. The molecule has 0 spiro atoms. The fourth-order valence-electron chi connectivity index (χ4n) is 6.69. The summed E-state index contributed by atoms with van der Waals surface area (Å²) < 4.78 is 16.3. The number of aromatic hydroxyl groups is 2. The molecule has 2 N–H and O–H groups in total. The number of carbonyl (C=O) groups excluding carboxylic acids is 2. The topological polar surface area (TPSA) is 127 Å². The SMILES string of the molecule is CON=C1CC2c3c(O)c4c(c(O)c3CC1(C)N2Cc1ccc(OC)c(OC)c1)C(=O)c1cccc(OC)c1C4=O. The van der Waals surface area contributed by atoms with Crippen molar-refractivity contribution in [3.05, 3.63) is 75.3 Å². The number of ketones is 2. The second-order valence-electron chi connectivity index (χ2n) is 10.6. The molecule has 1 fully saturated rings. The normalized spacial score (nSPS) is 21.8. The lowest BCUT2D eigenvalue weighted by atomic mass is 9.76. The molecule has 0 radical (unpaired) electrons. The van der Waals surface area contributed by atoms with Crippen LogP contribution in [0.1, 0.15) is 67.9 Å². The van der Waals surface area contributed by atoms with Crippen molar-refractivity contribution in [1.29, 1.82) is 0 Å². The highest BCUT2D eigenvalue weighted by atomic mass is 16.6. The number of benzene rings is 3. The molecule has 2 bridgehead atoms. The number of oxime groups is 1. The van der Waals surface area contributed by atoms with Crippen molar-refractivity contribution >= 4 is 17.3 Å². The Kier molecular flexibility index (Phi) is 6.18. The van der Waals surface area contributed by atoms with Crippen LogP contribution >= 0.6 is 0 Å². The second kappa shape index (κ2) is 9.52. The quantitative estimate of drug-likeness (QED) is 0.265. The molecule has 3 aromatic carbocycles. The Labute approximate surface area is 236 Å². The van der Waals surface area contributed by atoms with E-state index in [1.165, 1.54) is 20.3 Å². The molecule has 6 rings (SSSR count). The number of hydrogen-bond donors (Lipinski definition) is 2. The molecule has 2 heterocycles. The van der Waals surface area contributed by atoms with Crippen molar-refractivity contribution in [3.8, 4) is 28.7 Å². The third kappa shape index (κ3) is 3.63. The molecule has 0 saturated carbocycles. The van der Waals surface area contributed by atoms with E-state index in [1.807, 2.05) is 25.1 Å². The van der Waals surface area contributed by atoms with Gasteiger partial charge >= 0.3 is 0 Å². The van der Waals surface area contributed by atoms with Gasteiger partial charge in [-0.3, -0.25) is 14.5 Å². The Hall–Kier alpha value is -4.57. The predicted octanol–water partition coefficient (Wildman–Crippen LogP) is 4.16. The van der Waals surface area contributed by atoms with E-state index < -0.39 is 23.1 Å². The Morgan fingerprint density at radius 2 is 1.61 bits per heavy atom. The zero-order valence-electron chi connectivity index (χ0n) is 23.4. The van der Waals surface area contributed by atoms with Gasteiger partial charge in [0.25, 0.3) is 0 Å². The summed E-state index contributed by atoms with van der Waals surface area (Å²) in [4.78, 5) is 34.9. The number of ether oxygens (including phenoxy) is 3. The highest BCUT2D eigenvalue weighted by molar-refractivity contribution is 6.31. The zero-order chi connectivity index (χ0) is 29.2. The largest absolute Gasteiger partial charge is 0.507 e. The van der Waals surface area contributed by atoms with Gasteiger partial charge in [0.05, 0.1) is 49.3 Å². The van der Waals surface area contributed by atoms with E-state index >= 15 is 0 Å². The first-order valence-corrected chi connectivity index (χ1v) is 13.1. The summed E-state index contributed by atoms with van der Waals surface area (Å²) in [5, 5.41) is 27.7. The molecule has 10 nitrogen and oxygen atoms in total. The van der Waals surface area contributed by atoms with Crippen molar-refractivity contribution in [2.75, 3.05) is 28.4 Å². The number of fused-ring (bicyclic) bond motifs is 6. The average Bonchev–Trinajstić information content (AvgIpc) is 3.14. The van der Waals surface area contributed by atoms with Gasteiger partial charge in [-0.1, -0.05) is 23.4 Å². The van der Waals surface area contributed by atoms with Crippen LogP contribution in [0, 0.1) is 0 Å². The molecule has 2 unspecified atom stereocenters. The number of carbonyl (C=O) groups is 2. The van der Waals surface area contributed by atoms with Crippen LogP contribution in [0.5, 0.6) is 28.7 Å². The van der Waals surface area contributed by atoms with Gasteiger partial charge < -0.3 is 29.3 Å². The second-order valence-corrected chi connectivity index (χ2v) is 10.6. The minimum atomic E-state index is -0.720. The third-order valence-corrected chi connectivity index (χ3v) is 8.64. The zero-order valence-corrected chi connectivity index (χ0v) is 23.4. The number of nitrogens with zero attached hydrogens (tertiary/aromatic N) is 2. The van der Waals surface area contributed by atoms with Gasteiger partial charge in [-0.2, -0.15) is 0 Å². The summed E-state index contributed by atoms with van der Waals surface area (Å²) >= 11 is 0. The lowest BCUT2D eigenvalue weighted by Gasteiger charge is -2.44. The molecule has 3 aromatic rings. The fourth-order valence-corrected chi connectivity index (χ4v) is 6.69. The Balaban J connectivity index is 1.54. The highest BCUT2D eigenvalue weighted by Crippen LogP contribution is 2.57. The van der Waals surface area contributed by atoms with Crippen molar-refractivity contribution in [1.82, 2.24) is 4.90 Å². The first-order chi connectivity index (χ1) is 19.7. The van der Waals surface area contributed by atoms with E-state index in [-0.39, 0.29) is 45.9 Å². The molecule has 0 amide bonds. The first kappa shape index (κ1) is 26.6. The van der Waals surface area contributed by atoms with Crippen LogP contribution in [0.25, 0.3) is 0 Å². The Morgan fingerprint density at radius 1 is 0.902 bits per heavy atom. The van der Waals surface area contributed by atoms with Gasteiger partial charge in [-0.15, -0.1) is 0 Å². The van der Waals surface area contributed by atoms with Gasteiger partial charge in [-0.25, -0.2) is 0 Å². The summed E-state index contributed by atoms with van der Waals surface area (Å²) in [5.41, 5.74) is 1.54. The van der Waals surface area contributed by atoms with Gasteiger partial charge in [0.2, 0.25) is 5.78 Å². The van der Waals surface area contributed by atoms with E-state index in [2.05, 4.69) is 10.1 Å². The molecular weight excluding hydrogens is 528 g/mol. The van der Waals surface area contributed by atoms with Gasteiger partial charge in [-0.05, 0) is 30.7 Å². The molecule has 41 heavy (non-hydrogen) atoms. The van der Waals surface area contributed by atoms with Crippen LogP contribution in [0.3, 0.4) is 0 Å². The van der Waals surface area contributed by atoms with Crippen LogP contribution in [0.2, 0.25) is 0 Å². The van der Waals surface area contributed by atoms with Crippen LogP contribution in [-0.2, 0) is 17.8 Å². The summed E-state index contributed by atoms with van der Waals surface area (Å²) in [6, 6.07) is 9.91. The lowest BCUT2D eigenvalue weighted by molar-refractivity contribution is 0.0960. The number of hydrogen-bond acceptors (Lipinski definition) is 10. The molecule has 0 aromatic heterocycles. The molecule has 2 aliphatic heterocycles. The van der Waals surface area contributed by atoms with Crippen LogP contribution < -0.4 is 14.2 Å². The van der Waals surface area contributed by atoms with E-state index in [0.717, 1.165) is 11.3 Å². The monoisotopic (exact) mass is 558 g/mol. The summed E-state index contributed by atoms with van der Waals surface area (Å²) in [5.74, 6) is -0.320. The smallest absolute Gasteiger partial charge is 0.202 e. The van der Waals surface area contributed by atoms with Crippen molar-refractivity contribution < 1.29 is 38.9 Å². The summed E-state index contributed by atoms with van der Waals surface area (Å²) in [6.07, 6.45) is 0.617. The molecule has 3 aliphatic rings. The fraction of sp³-hybridized carbons (Fsp3) is 0.323. The van der Waals surface area contributed by atoms with E-state index in [1.54, 1.807) is 26.4 Å². The van der Waals surface area contributed by atoms with Crippen molar-refractivity contribution in [2.45, 2.75) is 37.9 Å². The molecular formula is C31H30N2O8. The lowest BCUT2D eigenvalue weighted by Crippen LogP contribution is -2.50.